The van der Waals surface area contributed by atoms with Gasteiger partial charge >= 0.3 is 0 Å². The second kappa shape index (κ2) is 6.48. The number of aromatic hydroxyl groups is 1. The summed E-state index contributed by atoms with van der Waals surface area (Å²) in [6, 6.07) is 3.93. The van der Waals surface area contributed by atoms with Crippen molar-refractivity contribution in [2.75, 3.05) is 16.8 Å². The topological polar surface area (TPSA) is 169 Å². The fourth-order valence-electron chi connectivity index (χ4n) is 2.57. The molecule has 0 bridgehead atoms. The molecule has 1 aliphatic heterocycles. The Kier molecular flexibility index (Phi) is 4.34. The van der Waals surface area contributed by atoms with Gasteiger partial charge in [-0.3, -0.25) is 5.32 Å². The Morgan fingerprint density at radius 2 is 1.96 bits per heavy atom. The number of nitriles is 2. The van der Waals surface area contributed by atoms with Gasteiger partial charge in [-0.25, -0.2) is 9.98 Å². The number of phenolic OH excluding ortho intramolecular Hbond substituents is 1. The number of anilines is 3. The van der Waals surface area contributed by atoms with Crippen LogP contribution in [0.1, 0.15) is 22.7 Å². The van der Waals surface area contributed by atoms with Gasteiger partial charge in [0.25, 0.3) is 0 Å². The molecule has 9 nitrogen and oxygen atoms in total. The monoisotopic (exact) mass is 388 g/mol. The number of nitrogens with one attached hydrogen (secondary N) is 2. The maximum Gasteiger partial charge on any atom is 0.211 e. The molecule has 0 amide bonds. The molecule has 0 fully saturated rings. The van der Waals surface area contributed by atoms with E-state index in [1.54, 1.807) is 6.19 Å². The molecule has 11 heteroatoms. The van der Waals surface area contributed by atoms with Gasteiger partial charge in [0, 0.05) is 11.1 Å². The Bertz CT molecular complexity index is 1040. The molecule has 0 radical (unpaired) electrons. The minimum atomic E-state index is -0.840. The van der Waals surface area contributed by atoms with Gasteiger partial charge in [0.15, 0.2) is 6.19 Å². The highest BCUT2D eigenvalue weighted by Gasteiger charge is 2.31. The number of fused-ring (bicyclic) bond motifs is 1. The lowest BCUT2D eigenvalue weighted by molar-refractivity contribution is 0.475. The lowest BCUT2D eigenvalue weighted by atomic mass is 9.95. The van der Waals surface area contributed by atoms with Crippen LogP contribution in [0.25, 0.3) is 0 Å². The van der Waals surface area contributed by atoms with Crippen molar-refractivity contribution >= 4 is 46.5 Å². The molecule has 1 aromatic heterocycles. The molecule has 3 rings (SSSR count). The minimum absolute atomic E-state index is 0.00319. The van der Waals surface area contributed by atoms with Crippen LogP contribution in [0.3, 0.4) is 0 Å². The molecule has 26 heavy (non-hydrogen) atoms. The Labute approximate surface area is 157 Å². The average molecular weight is 389 g/mol. The second-order valence-corrected chi connectivity index (χ2v) is 5.96. The summed E-state index contributed by atoms with van der Waals surface area (Å²) in [6.07, 6.45) is 1.74. The molecule has 0 saturated heterocycles. The quantitative estimate of drug-likeness (QED) is 0.365. The summed E-state index contributed by atoms with van der Waals surface area (Å²) in [7, 11) is 0. The average Bonchev–Trinajstić information content (AvgIpc) is 2.59. The number of rotatable bonds is 1. The van der Waals surface area contributed by atoms with Crippen molar-refractivity contribution < 1.29 is 5.11 Å². The summed E-state index contributed by atoms with van der Waals surface area (Å²) in [5.74, 6) is 0.0383. The van der Waals surface area contributed by atoms with Crippen molar-refractivity contribution in [3.63, 3.8) is 0 Å². The zero-order chi connectivity index (χ0) is 19.0. The molecule has 0 spiro atoms. The number of halogens is 2. The summed E-state index contributed by atoms with van der Waals surface area (Å²) < 4.78 is 0. The number of hydrogen-bond acceptors (Lipinski definition) is 9. The van der Waals surface area contributed by atoms with E-state index in [0.717, 1.165) is 0 Å². The summed E-state index contributed by atoms with van der Waals surface area (Å²) in [4.78, 5) is 8.49. The number of aliphatic imine (C=N–C) groups is 1. The third-order valence-electron chi connectivity index (χ3n) is 3.74. The normalized spacial score (nSPS) is 15.1. The first-order chi connectivity index (χ1) is 12.4. The van der Waals surface area contributed by atoms with E-state index in [1.807, 2.05) is 6.07 Å². The van der Waals surface area contributed by atoms with Gasteiger partial charge in [-0.2, -0.15) is 10.5 Å². The van der Waals surface area contributed by atoms with Crippen molar-refractivity contribution in [1.82, 2.24) is 10.3 Å². The molecule has 1 aliphatic rings. The molecule has 2 aromatic rings. The van der Waals surface area contributed by atoms with Crippen LogP contribution in [0.4, 0.5) is 17.3 Å². The number of nitrogen functional groups attached to an aromatic ring is 2. The summed E-state index contributed by atoms with van der Waals surface area (Å²) >= 11 is 12.3. The Balaban J connectivity index is 2.31. The van der Waals surface area contributed by atoms with Gasteiger partial charge < -0.3 is 21.9 Å². The number of hydrogen-bond donors (Lipinski definition) is 5. The first-order valence-corrected chi connectivity index (χ1v) is 7.80. The Morgan fingerprint density at radius 3 is 2.62 bits per heavy atom. The summed E-state index contributed by atoms with van der Waals surface area (Å²) in [6.45, 7) is 0. The molecule has 2 heterocycles. The molecule has 1 unspecified atom stereocenters. The van der Waals surface area contributed by atoms with Crippen LogP contribution in [0, 0.1) is 22.8 Å². The zero-order valence-corrected chi connectivity index (χ0v) is 14.4. The number of aromatic nitrogens is 1. The van der Waals surface area contributed by atoms with Gasteiger partial charge in [0.1, 0.15) is 40.1 Å². The molecule has 1 aromatic carbocycles. The molecular formula is C15H10Cl2N8O. The molecule has 1 atom stereocenters. The third-order valence-corrected chi connectivity index (χ3v) is 4.63. The predicted octanol–water partition coefficient (Wildman–Crippen LogP) is 2.07. The Hall–Kier alpha value is -3.40. The van der Waals surface area contributed by atoms with Crippen LogP contribution in [-0.2, 0) is 0 Å². The van der Waals surface area contributed by atoms with E-state index in [4.69, 9.17) is 39.9 Å². The third kappa shape index (κ3) is 2.65. The maximum absolute atomic E-state index is 9.71. The predicted molar refractivity (Wildman–Crippen MR) is 97.6 cm³/mol. The van der Waals surface area contributed by atoms with Crippen molar-refractivity contribution in [2.45, 2.75) is 6.04 Å². The smallest absolute Gasteiger partial charge is 0.211 e. The number of phenols is 1. The molecule has 130 valence electrons. The summed E-state index contributed by atoms with van der Waals surface area (Å²) in [5.41, 5.74) is 12.7. The highest BCUT2D eigenvalue weighted by Crippen LogP contribution is 2.45. The van der Waals surface area contributed by atoms with Crippen LogP contribution < -0.4 is 22.1 Å². The highest BCUT2D eigenvalue weighted by atomic mass is 35.5. The molecule has 0 saturated carbocycles. The van der Waals surface area contributed by atoms with Crippen LogP contribution >= 0.6 is 23.2 Å². The van der Waals surface area contributed by atoms with Crippen LogP contribution in [-0.4, -0.2) is 16.1 Å². The van der Waals surface area contributed by atoms with Gasteiger partial charge in [-0.1, -0.05) is 29.3 Å². The molecular weight excluding hydrogens is 379 g/mol. The number of nitrogens with zero attached hydrogens (tertiary/aromatic N) is 4. The van der Waals surface area contributed by atoms with E-state index < -0.39 is 6.04 Å². The van der Waals surface area contributed by atoms with E-state index in [2.05, 4.69) is 20.6 Å². The fourth-order valence-corrected chi connectivity index (χ4v) is 3.01. The maximum atomic E-state index is 9.71. The van der Waals surface area contributed by atoms with E-state index >= 15 is 0 Å². The van der Waals surface area contributed by atoms with Crippen LogP contribution in [0.2, 0.25) is 10.0 Å². The largest absolute Gasteiger partial charge is 0.506 e. The van der Waals surface area contributed by atoms with Crippen molar-refractivity contribution in [1.29, 1.82) is 10.5 Å². The van der Waals surface area contributed by atoms with E-state index in [1.165, 1.54) is 12.1 Å². The lowest BCUT2D eigenvalue weighted by Crippen LogP contribution is -2.32. The Morgan fingerprint density at radius 1 is 1.23 bits per heavy atom. The van der Waals surface area contributed by atoms with E-state index in [9.17, 15) is 10.4 Å². The molecule has 7 N–H and O–H groups in total. The standard InChI is InChI=1S/C15H10Cl2N8O/c16-9-5(1-2-7(26)10(9)17)12-8-11(20)6(3-18)13(21)24-14(8)25-15(23-12)22-4-19/h1-2,12,26H,(H6,20,21,22,23,24,25). The van der Waals surface area contributed by atoms with Crippen molar-refractivity contribution in [3.05, 3.63) is 38.9 Å². The minimum Gasteiger partial charge on any atom is -0.506 e. The number of guanidine groups is 1. The molecule has 0 aliphatic carbocycles. The van der Waals surface area contributed by atoms with Crippen LogP contribution in [0.15, 0.2) is 17.1 Å². The first kappa shape index (κ1) is 17.4. The zero-order valence-electron chi connectivity index (χ0n) is 12.9. The SMILES string of the molecule is N#CNC1=NC(c2ccc(O)c(Cl)c2Cl)c2c(nc(N)c(C#N)c2N)N1. The second-order valence-electron chi connectivity index (χ2n) is 5.20. The van der Waals surface area contributed by atoms with Gasteiger partial charge in [-0.15, -0.1) is 0 Å². The highest BCUT2D eigenvalue weighted by molar-refractivity contribution is 6.43. The lowest BCUT2D eigenvalue weighted by Gasteiger charge is -2.26. The van der Waals surface area contributed by atoms with Gasteiger partial charge in [-0.05, 0) is 6.07 Å². The number of benzene rings is 1. The fraction of sp³-hybridized carbons (Fsp3) is 0.0667. The van der Waals surface area contributed by atoms with Gasteiger partial charge in [0.05, 0.1) is 10.7 Å². The first-order valence-electron chi connectivity index (χ1n) is 7.04. The summed E-state index contributed by atoms with van der Waals surface area (Å²) in [5, 5.41) is 33.0. The number of nitrogens with two attached hydrogens (primary N) is 2. The van der Waals surface area contributed by atoms with Crippen molar-refractivity contribution in [3.8, 4) is 18.0 Å². The number of pyridine rings is 1. The van der Waals surface area contributed by atoms with Crippen LogP contribution in [0.5, 0.6) is 5.75 Å². The van der Waals surface area contributed by atoms with Crippen molar-refractivity contribution in [2.24, 2.45) is 4.99 Å². The van der Waals surface area contributed by atoms with E-state index in [0.29, 0.717) is 11.1 Å². The van der Waals surface area contributed by atoms with Gasteiger partial charge in [0.2, 0.25) is 5.96 Å². The van der Waals surface area contributed by atoms with E-state index in [-0.39, 0.29) is 44.6 Å².